The molecule has 0 radical (unpaired) electrons. The number of benzene rings is 1. The molecule has 2 aromatic heterocycles. The van der Waals surface area contributed by atoms with Gasteiger partial charge in [-0.15, -0.1) is 0 Å². The van der Waals surface area contributed by atoms with Gasteiger partial charge < -0.3 is 19.9 Å². The third-order valence-electron chi connectivity index (χ3n) is 4.53. The highest BCUT2D eigenvalue weighted by molar-refractivity contribution is 5.89. The summed E-state index contributed by atoms with van der Waals surface area (Å²) in [6.45, 7) is 1.34. The zero-order valence-corrected chi connectivity index (χ0v) is 15.6. The Hall–Kier alpha value is -3.53. The summed E-state index contributed by atoms with van der Waals surface area (Å²) in [5.74, 6) is -0.650. The molecule has 29 heavy (non-hydrogen) atoms. The Labute approximate surface area is 165 Å². The molecule has 0 aliphatic carbocycles. The van der Waals surface area contributed by atoms with Crippen LogP contribution < -0.4 is 5.73 Å². The fourth-order valence-electron chi connectivity index (χ4n) is 3.27. The van der Waals surface area contributed by atoms with Gasteiger partial charge in [-0.2, -0.15) is 0 Å². The van der Waals surface area contributed by atoms with E-state index in [9.17, 15) is 9.59 Å². The summed E-state index contributed by atoms with van der Waals surface area (Å²) in [5.41, 5.74) is 7.17. The third kappa shape index (κ3) is 3.87. The first-order chi connectivity index (χ1) is 14.0. The van der Waals surface area contributed by atoms with Crippen LogP contribution in [0.3, 0.4) is 0 Å². The molecule has 4 rings (SSSR count). The van der Waals surface area contributed by atoms with Gasteiger partial charge in [-0.25, -0.2) is 19.7 Å². The number of ether oxygens (including phenoxy) is 3. The van der Waals surface area contributed by atoms with Crippen molar-refractivity contribution in [2.24, 2.45) is 0 Å². The first-order valence-corrected chi connectivity index (χ1v) is 9.01. The van der Waals surface area contributed by atoms with Crippen molar-refractivity contribution < 1.29 is 23.8 Å². The molecule has 150 valence electrons. The SMILES string of the molecule is CC(=O)O[C@@H]1C[C@@H](COC(=O)c2ccccc2)O[C@H]1n1cnc2c(N)ncnc21. The topological polar surface area (TPSA) is 131 Å². The molecule has 2 N–H and O–H groups in total. The minimum absolute atomic E-state index is 0.0196. The van der Waals surface area contributed by atoms with Gasteiger partial charge in [-0.1, -0.05) is 18.2 Å². The molecule has 1 aromatic carbocycles. The number of nitrogens with zero attached hydrogens (tertiary/aromatic N) is 4. The maximum Gasteiger partial charge on any atom is 0.338 e. The predicted molar refractivity (Wildman–Crippen MR) is 101 cm³/mol. The number of imidazole rings is 1. The number of carbonyl (C=O) groups is 2. The summed E-state index contributed by atoms with van der Waals surface area (Å²) in [6.07, 6.45) is 1.45. The molecular formula is C19H19N5O5. The van der Waals surface area contributed by atoms with Gasteiger partial charge in [-0.3, -0.25) is 9.36 Å². The van der Waals surface area contributed by atoms with Gasteiger partial charge in [0, 0.05) is 13.3 Å². The highest BCUT2D eigenvalue weighted by Gasteiger charge is 2.40. The van der Waals surface area contributed by atoms with Crippen LogP contribution in [0.2, 0.25) is 0 Å². The first-order valence-electron chi connectivity index (χ1n) is 9.01. The van der Waals surface area contributed by atoms with E-state index in [2.05, 4.69) is 15.0 Å². The van der Waals surface area contributed by atoms with Crippen molar-refractivity contribution in [3.05, 3.63) is 48.5 Å². The van der Waals surface area contributed by atoms with E-state index < -0.39 is 30.4 Å². The number of rotatable bonds is 5. The highest BCUT2D eigenvalue weighted by Crippen LogP contribution is 2.34. The van der Waals surface area contributed by atoms with Crippen molar-refractivity contribution in [1.82, 2.24) is 19.5 Å². The molecule has 3 aromatic rings. The van der Waals surface area contributed by atoms with E-state index >= 15 is 0 Å². The summed E-state index contributed by atoms with van der Waals surface area (Å²) in [7, 11) is 0. The van der Waals surface area contributed by atoms with Crippen LogP contribution >= 0.6 is 0 Å². The maximum absolute atomic E-state index is 12.2. The highest BCUT2D eigenvalue weighted by atomic mass is 16.6. The average Bonchev–Trinajstić information content (AvgIpc) is 3.31. The molecular weight excluding hydrogens is 378 g/mol. The second kappa shape index (κ2) is 7.84. The smallest absolute Gasteiger partial charge is 0.338 e. The van der Waals surface area contributed by atoms with E-state index in [1.165, 1.54) is 19.6 Å². The van der Waals surface area contributed by atoms with Gasteiger partial charge in [-0.05, 0) is 12.1 Å². The van der Waals surface area contributed by atoms with E-state index in [1.807, 2.05) is 6.07 Å². The molecule has 3 atom stereocenters. The fourth-order valence-corrected chi connectivity index (χ4v) is 3.27. The lowest BCUT2D eigenvalue weighted by molar-refractivity contribution is -0.152. The number of anilines is 1. The summed E-state index contributed by atoms with van der Waals surface area (Å²) >= 11 is 0. The summed E-state index contributed by atoms with van der Waals surface area (Å²) in [6, 6.07) is 8.67. The Morgan fingerprint density at radius 2 is 2.03 bits per heavy atom. The number of hydrogen-bond acceptors (Lipinski definition) is 9. The van der Waals surface area contributed by atoms with Gasteiger partial charge in [0.2, 0.25) is 0 Å². The van der Waals surface area contributed by atoms with Gasteiger partial charge in [0.15, 0.2) is 17.7 Å². The molecule has 1 saturated heterocycles. The van der Waals surface area contributed by atoms with Crippen molar-refractivity contribution in [3.63, 3.8) is 0 Å². The van der Waals surface area contributed by atoms with E-state index in [1.54, 1.807) is 28.8 Å². The third-order valence-corrected chi connectivity index (χ3v) is 4.53. The zero-order chi connectivity index (χ0) is 20.4. The fraction of sp³-hybridized carbons (Fsp3) is 0.316. The Balaban J connectivity index is 1.51. The quantitative estimate of drug-likeness (QED) is 0.636. The minimum atomic E-state index is -0.682. The Kier molecular flexibility index (Phi) is 5.09. The summed E-state index contributed by atoms with van der Waals surface area (Å²) < 4.78 is 18.4. The number of nitrogen functional groups attached to an aromatic ring is 1. The van der Waals surface area contributed by atoms with Crippen molar-refractivity contribution in [2.45, 2.75) is 31.8 Å². The molecule has 1 aliphatic rings. The average molecular weight is 397 g/mol. The Morgan fingerprint density at radius 3 is 2.79 bits per heavy atom. The summed E-state index contributed by atoms with van der Waals surface area (Å²) in [4.78, 5) is 36.1. The predicted octanol–water partition coefficient (Wildman–Crippen LogP) is 1.48. The molecule has 1 fully saturated rings. The lowest BCUT2D eigenvalue weighted by Gasteiger charge is -2.19. The van der Waals surface area contributed by atoms with E-state index in [-0.39, 0.29) is 12.4 Å². The molecule has 10 nitrogen and oxygen atoms in total. The standard InChI is InChI=1S/C19H19N5O5/c1-11(25)28-14-7-13(8-27-19(26)12-5-3-2-4-6-12)29-18(14)24-10-23-15-16(20)21-9-22-17(15)24/h2-6,9-10,13-14,18H,7-8H2,1H3,(H2,20,21,22)/t13-,14+,18+/m0/s1. The normalized spacial score (nSPS) is 21.2. The van der Waals surface area contributed by atoms with E-state index in [0.29, 0.717) is 23.1 Å². The van der Waals surface area contributed by atoms with E-state index in [0.717, 1.165) is 0 Å². The Morgan fingerprint density at radius 1 is 1.24 bits per heavy atom. The van der Waals surface area contributed by atoms with Gasteiger partial charge in [0.05, 0.1) is 18.0 Å². The number of aromatic nitrogens is 4. The van der Waals surface area contributed by atoms with Crippen LogP contribution in [0, 0.1) is 0 Å². The second-order valence-electron chi connectivity index (χ2n) is 6.58. The number of nitrogens with two attached hydrogens (primary N) is 1. The monoisotopic (exact) mass is 397 g/mol. The number of hydrogen-bond donors (Lipinski definition) is 1. The van der Waals surface area contributed by atoms with Crippen molar-refractivity contribution in [1.29, 1.82) is 0 Å². The first kappa shape index (κ1) is 18.8. The summed E-state index contributed by atoms with van der Waals surface area (Å²) in [5, 5.41) is 0. The van der Waals surface area contributed by atoms with Crippen LogP contribution in [-0.4, -0.2) is 50.3 Å². The molecule has 0 amide bonds. The van der Waals surface area contributed by atoms with Crippen molar-refractivity contribution in [3.8, 4) is 0 Å². The van der Waals surface area contributed by atoms with Gasteiger partial charge in [0.25, 0.3) is 0 Å². The molecule has 10 heteroatoms. The van der Waals surface area contributed by atoms with Crippen molar-refractivity contribution in [2.75, 3.05) is 12.3 Å². The molecule has 0 bridgehead atoms. The number of carbonyl (C=O) groups excluding carboxylic acids is 2. The number of fused-ring (bicyclic) bond motifs is 1. The molecule has 1 aliphatic heterocycles. The van der Waals surface area contributed by atoms with E-state index in [4.69, 9.17) is 19.9 Å². The minimum Gasteiger partial charge on any atom is -0.459 e. The largest absolute Gasteiger partial charge is 0.459 e. The van der Waals surface area contributed by atoms with Crippen molar-refractivity contribution >= 4 is 28.9 Å². The molecule has 0 saturated carbocycles. The van der Waals surface area contributed by atoms with Crippen LogP contribution in [0.15, 0.2) is 43.0 Å². The Bertz CT molecular complexity index is 1040. The number of esters is 2. The second-order valence-corrected chi connectivity index (χ2v) is 6.58. The maximum atomic E-state index is 12.2. The van der Waals surface area contributed by atoms with Gasteiger partial charge in [0.1, 0.15) is 24.6 Å². The molecule has 0 unspecified atom stereocenters. The molecule has 0 spiro atoms. The van der Waals surface area contributed by atoms with Crippen LogP contribution in [0.25, 0.3) is 11.2 Å². The zero-order valence-electron chi connectivity index (χ0n) is 15.6. The molecule has 3 heterocycles. The van der Waals surface area contributed by atoms with Crippen LogP contribution in [0.4, 0.5) is 5.82 Å². The van der Waals surface area contributed by atoms with Crippen LogP contribution in [-0.2, 0) is 19.0 Å². The van der Waals surface area contributed by atoms with Crippen LogP contribution in [0.5, 0.6) is 0 Å². The van der Waals surface area contributed by atoms with Gasteiger partial charge >= 0.3 is 11.9 Å². The lowest BCUT2D eigenvalue weighted by atomic mass is 10.2. The van der Waals surface area contributed by atoms with Crippen LogP contribution in [0.1, 0.15) is 29.9 Å². The lowest BCUT2D eigenvalue weighted by Crippen LogP contribution is -2.24.